The van der Waals surface area contributed by atoms with Crippen LogP contribution in [0.3, 0.4) is 0 Å². The van der Waals surface area contributed by atoms with Crippen molar-refractivity contribution in [3.05, 3.63) is 39.9 Å². The summed E-state index contributed by atoms with van der Waals surface area (Å²) in [5.41, 5.74) is 7.37. The monoisotopic (exact) mass is 262 g/mol. The zero-order valence-corrected chi connectivity index (χ0v) is 11.3. The maximum atomic E-state index is 11.0. The molecule has 1 aromatic carbocycles. The van der Waals surface area contributed by atoms with Crippen LogP contribution in [0, 0.1) is 10.1 Å². The fourth-order valence-corrected chi connectivity index (χ4v) is 2.97. The van der Waals surface area contributed by atoms with Crippen LogP contribution in [-0.2, 0) is 6.42 Å². The van der Waals surface area contributed by atoms with E-state index in [-0.39, 0.29) is 16.1 Å². The second kappa shape index (κ2) is 6.15. The van der Waals surface area contributed by atoms with Gasteiger partial charge in [-0.2, -0.15) is 0 Å². The van der Waals surface area contributed by atoms with Crippen molar-refractivity contribution in [3.63, 3.8) is 0 Å². The van der Waals surface area contributed by atoms with Crippen molar-refractivity contribution in [3.8, 4) is 0 Å². The lowest BCUT2D eigenvalue weighted by atomic mass is 9.85. The molecule has 1 aromatic rings. The maximum Gasteiger partial charge on any atom is 0.272 e. The van der Waals surface area contributed by atoms with Crippen LogP contribution >= 0.6 is 0 Å². The molecule has 0 aliphatic heterocycles. The SMILES string of the molecule is NC1(CCc2ccccc2[N+](=O)[O-])CCCCCC1. The number of rotatable bonds is 4. The van der Waals surface area contributed by atoms with E-state index in [9.17, 15) is 10.1 Å². The predicted molar refractivity (Wildman–Crippen MR) is 76.0 cm³/mol. The minimum Gasteiger partial charge on any atom is -0.325 e. The van der Waals surface area contributed by atoms with E-state index < -0.39 is 0 Å². The van der Waals surface area contributed by atoms with Gasteiger partial charge >= 0.3 is 0 Å². The summed E-state index contributed by atoms with van der Waals surface area (Å²) in [7, 11) is 0. The van der Waals surface area contributed by atoms with E-state index in [0.29, 0.717) is 6.42 Å². The summed E-state index contributed by atoms with van der Waals surface area (Å²) in [4.78, 5) is 10.7. The molecule has 1 aliphatic rings. The second-order valence-corrected chi connectivity index (χ2v) is 5.66. The number of nitrogens with zero attached hydrogens (tertiary/aromatic N) is 1. The number of nitro groups is 1. The van der Waals surface area contributed by atoms with Crippen LogP contribution in [0.2, 0.25) is 0 Å². The van der Waals surface area contributed by atoms with Crippen molar-refractivity contribution in [2.75, 3.05) is 0 Å². The van der Waals surface area contributed by atoms with E-state index in [2.05, 4.69) is 0 Å². The van der Waals surface area contributed by atoms with E-state index in [1.54, 1.807) is 12.1 Å². The Morgan fingerprint density at radius 1 is 1.16 bits per heavy atom. The highest BCUT2D eigenvalue weighted by atomic mass is 16.6. The molecule has 0 radical (unpaired) electrons. The fourth-order valence-electron chi connectivity index (χ4n) is 2.97. The summed E-state index contributed by atoms with van der Waals surface area (Å²) in [5.74, 6) is 0. The Labute approximate surface area is 114 Å². The molecule has 0 amide bonds. The lowest BCUT2D eigenvalue weighted by molar-refractivity contribution is -0.385. The Hall–Kier alpha value is -1.42. The van der Waals surface area contributed by atoms with Gasteiger partial charge in [-0.25, -0.2) is 0 Å². The molecule has 4 heteroatoms. The van der Waals surface area contributed by atoms with E-state index in [0.717, 1.165) is 24.8 Å². The number of aryl methyl sites for hydroxylation is 1. The predicted octanol–water partition coefficient (Wildman–Crippen LogP) is 3.58. The third-order valence-corrected chi connectivity index (χ3v) is 4.18. The van der Waals surface area contributed by atoms with Crippen molar-refractivity contribution in [1.82, 2.24) is 0 Å². The van der Waals surface area contributed by atoms with Gasteiger partial charge in [-0.1, -0.05) is 43.9 Å². The lowest BCUT2D eigenvalue weighted by Crippen LogP contribution is -2.39. The third kappa shape index (κ3) is 3.77. The molecule has 19 heavy (non-hydrogen) atoms. The molecule has 0 unspecified atom stereocenters. The van der Waals surface area contributed by atoms with Gasteiger partial charge in [0, 0.05) is 17.2 Å². The maximum absolute atomic E-state index is 11.0. The highest BCUT2D eigenvalue weighted by molar-refractivity contribution is 5.39. The smallest absolute Gasteiger partial charge is 0.272 e. The number of hydrogen-bond donors (Lipinski definition) is 1. The topological polar surface area (TPSA) is 69.2 Å². The average molecular weight is 262 g/mol. The van der Waals surface area contributed by atoms with Crippen molar-refractivity contribution < 1.29 is 4.92 Å². The molecule has 0 heterocycles. The van der Waals surface area contributed by atoms with Crippen LogP contribution < -0.4 is 5.73 Å². The fraction of sp³-hybridized carbons (Fsp3) is 0.600. The van der Waals surface area contributed by atoms with Crippen molar-refractivity contribution in [1.29, 1.82) is 0 Å². The Balaban J connectivity index is 2.03. The Bertz CT molecular complexity index is 438. The van der Waals surface area contributed by atoms with E-state index >= 15 is 0 Å². The minimum atomic E-state index is -0.300. The van der Waals surface area contributed by atoms with Crippen LogP contribution in [0.25, 0.3) is 0 Å². The Morgan fingerprint density at radius 3 is 2.42 bits per heavy atom. The van der Waals surface area contributed by atoms with Crippen molar-refractivity contribution >= 4 is 5.69 Å². The van der Waals surface area contributed by atoms with Gasteiger partial charge in [0.1, 0.15) is 0 Å². The van der Waals surface area contributed by atoms with Gasteiger partial charge in [-0.3, -0.25) is 10.1 Å². The molecule has 0 spiro atoms. The highest BCUT2D eigenvalue weighted by Gasteiger charge is 2.26. The van der Waals surface area contributed by atoms with Crippen LogP contribution in [0.1, 0.15) is 50.5 Å². The van der Waals surface area contributed by atoms with Crippen LogP contribution in [-0.4, -0.2) is 10.5 Å². The number of nitro benzene ring substituents is 1. The van der Waals surface area contributed by atoms with Gasteiger partial charge in [0.05, 0.1) is 4.92 Å². The molecule has 0 atom stereocenters. The number of para-hydroxylation sites is 1. The molecule has 2 rings (SSSR count). The van der Waals surface area contributed by atoms with Crippen molar-refractivity contribution in [2.45, 2.75) is 56.9 Å². The molecule has 104 valence electrons. The van der Waals surface area contributed by atoms with Crippen molar-refractivity contribution in [2.24, 2.45) is 5.73 Å². The molecule has 0 bridgehead atoms. The third-order valence-electron chi connectivity index (χ3n) is 4.18. The Kier molecular flexibility index (Phi) is 4.53. The molecule has 4 nitrogen and oxygen atoms in total. The van der Waals surface area contributed by atoms with Crippen LogP contribution in [0.5, 0.6) is 0 Å². The van der Waals surface area contributed by atoms with Gasteiger partial charge in [0.2, 0.25) is 0 Å². The number of hydrogen-bond acceptors (Lipinski definition) is 3. The zero-order valence-electron chi connectivity index (χ0n) is 11.3. The summed E-state index contributed by atoms with van der Waals surface area (Å²) in [5, 5.41) is 11.0. The highest BCUT2D eigenvalue weighted by Crippen LogP contribution is 2.30. The van der Waals surface area contributed by atoms with E-state index in [1.165, 1.54) is 25.7 Å². The number of nitrogens with two attached hydrogens (primary N) is 1. The summed E-state index contributed by atoms with van der Waals surface area (Å²) in [6.07, 6.45) is 8.56. The Morgan fingerprint density at radius 2 is 1.79 bits per heavy atom. The largest absolute Gasteiger partial charge is 0.325 e. The summed E-state index contributed by atoms with van der Waals surface area (Å²) >= 11 is 0. The summed E-state index contributed by atoms with van der Waals surface area (Å²) in [6, 6.07) is 6.99. The van der Waals surface area contributed by atoms with Crippen LogP contribution in [0.15, 0.2) is 24.3 Å². The first-order valence-corrected chi connectivity index (χ1v) is 7.12. The molecular formula is C15H22N2O2. The van der Waals surface area contributed by atoms with E-state index in [4.69, 9.17) is 5.73 Å². The lowest BCUT2D eigenvalue weighted by Gasteiger charge is -2.28. The first-order chi connectivity index (χ1) is 9.11. The average Bonchev–Trinajstić information content (AvgIpc) is 2.62. The quantitative estimate of drug-likeness (QED) is 0.512. The normalized spacial score (nSPS) is 18.8. The molecule has 0 saturated heterocycles. The van der Waals surface area contributed by atoms with Crippen LogP contribution in [0.4, 0.5) is 5.69 Å². The van der Waals surface area contributed by atoms with Gasteiger partial charge in [-0.05, 0) is 25.7 Å². The summed E-state index contributed by atoms with van der Waals surface area (Å²) in [6.45, 7) is 0. The van der Waals surface area contributed by atoms with Gasteiger partial charge in [0.15, 0.2) is 0 Å². The minimum absolute atomic E-state index is 0.125. The molecule has 1 aliphatic carbocycles. The standard InChI is InChI=1S/C15H22N2O2/c16-15(10-5-1-2-6-11-15)12-9-13-7-3-4-8-14(13)17(18)19/h3-4,7-8H,1-2,5-6,9-12,16H2. The second-order valence-electron chi connectivity index (χ2n) is 5.66. The zero-order chi connectivity index (χ0) is 13.7. The van der Waals surface area contributed by atoms with Gasteiger partial charge in [0.25, 0.3) is 5.69 Å². The number of benzene rings is 1. The van der Waals surface area contributed by atoms with Gasteiger partial charge in [-0.15, -0.1) is 0 Å². The molecular weight excluding hydrogens is 240 g/mol. The van der Waals surface area contributed by atoms with E-state index in [1.807, 2.05) is 12.1 Å². The molecule has 1 saturated carbocycles. The molecule has 0 aromatic heterocycles. The molecule has 2 N–H and O–H groups in total. The van der Waals surface area contributed by atoms with Gasteiger partial charge < -0.3 is 5.73 Å². The first kappa shape index (κ1) is 14.0. The summed E-state index contributed by atoms with van der Waals surface area (Å²) < 4.78 is 0. The molecule has 1 fully saturated rings. The first-order valence-electron chi connectivity index (χ1n) is 7.12.